The van der Waals surface area contributed by atoms with Crippen LogP contribution in [-0.2, 0) is 42.7 Å². The predicted molar refractivity (Wildman–Crippen MR) is 239 cm³/mol. The van der Waals surface area contributed by atoms with Gasteiger partial charge in [-0.05, 0) is 111 Å². The Morgan fingerprint density at radius 3 is 2.34 bits per heavy atom. The molecule has 3 saturated heterocycles. The van der Waals surface area contributed by atoms with Crippen molar-refractivity contribution in [3.8, 4) is 22.6 Å². The number of aryl methyl sites for hydroxylation is 1. The number of nitrogens with zero attached hydrogens (tertiary/aromatic N) is 6. The first-order valence-electron chi connectivity index (χ1n) is 23.1. The van der Waals surface area contributed by atoms with Crippen LogP contribution in [0.2, 0.25) is 0 Å². The molecule has 5 amide bonds. The number of carbonyl (C=O) groups excluding carboxylic acids is 4. The summed E-state index contributed by atoms with van der Waals surface area (Å²) in [6, 6.07) is 8.84. The number of alkyl halides is 2. The van der Waals surface area contributed by atoms with Gasteiger partial charge in [0.2, 0.25) is 11.8 Å². The molecule has 1 saturated carbocycles. The van der Waals surface area contributed by atoms with Crippen molar-refractivity contribution in [1.82, 2.24) is 34.8 Å². The Morgan fingerprint density at radius 1 is 0.908 bits per heavy atom. The number of piperazine rings is 1. The number of nitrogens with one attached hydrogen (secondary N) is 2. The van der Waals surface area contributed by atoms with Crippen molar-refractivity contribution < 1.29 is 37.4 Å². The highest BCUT2D eigenvalue weighted by atomic mass is 19.3. The van der Waals surface area contributed by atoms with E-state index in [9.17, 15) is 32.8 Å². The van der Waals surface area contributed by atoms with Crippen LogP contribution in [0, 0.1) is 5.92 Å². The molecule has 2 aromatic carbocycles. The minimum absolute atomic E-state index is 0.0301. The SMILES string of the molecule is COc1cc(-c2cn(C)c(=O)c3c2CCN(C(=O)NCC(F)F)C3)cc(OC)c1CN1CCN(CCC2CCN(c3ccc4c(c3)CN(C3CCC(=O)NC3=O)C4=O)CC2)CC12CCC2. The maximum atomic E-state index is 13.3. The first-order valence-corrected chi connectivity index (χ1v) is 23.1. The third-order valence-corrected chi connectivity index (χ3v) is 15.0. The second kappa shape index (κ2) is 18.4. The van der Waals surface area contributed by atoms with Crippen molar-refractivity contribution >= 4 is 29.4 Å². The molecule has 1 aromatic heterocycles. The second-order valence-electron chi connectivity index (χ2n) is 18.8. The number of hydrogen-bond acceptors (Lipinski definition) is 10. The fourth-order valence-corrected chi connectivity index (χ4v) is 11.2. The molecule has 9 rings (SSSR count). The van der Waals surface area contributed by atoms with Crippen molar-refractivity contribution in [3.63, 3.8) is 0 Å². The molecule has 4 fully saturated rings. The average Bonchev–Trinajstić information content (AvgIpc) is 3.62. The highest BCUT2D eigenvalue weighted by molar-refractivity contribution is 6.05. The lowest BCUT2D eigenvalue weighted by molar-refractivity contribution is -0.136. The van der Waals surface area contributed by atoms with Crippen molar-refractivity contribution in [2.24, 2.45) is 13.0 Å². The Labute approximate surface area is 378 Å². The van der Waals surface area contributed by atoms with Crippen LogP contribution >= 0.6 is 0 Å². The van der Waals surface area contributed by atoms with Gasteiger partial charge in [-0.15, -0.1) is 0 Å². The highest BCUT2D eigenvalue weighted by Gasteiger charge is 2.47. The minimum Gasteiger partial charge on any atom is -0.496 e. The topological polar surface area (TPSA) is 149 Å². The van der Waals surface area contributed by atoms with Crippen molar-refractivity contribution in [1.29, 1.82) is 0 Å². The molecule has 1 aliphatic carbocycles. The van der Waals surface area contributed by atoms with Crippen LogP contribution in [0.25, 0.3) is 11.1 Å². The molecular weight excluding hydrogens is 839 g/mol. The smallest absolute Gasteiger partial charge is 0.317 e. The number of imide groups is 1. The van der Waals surface area contributed by atoms with Crippen LogP contribution in [0.4, 0.5) is 19.3 Å². The zero-order valence-corrected chi connectivity index (χ0v) is 37.6. The van der Waals surface area contributed by atoms with E-state index in [0.29, 0.717) is 61.0 Å². The zero-order valence-electron chi connectivity index (χ0n) is 37.6. The van der Waals surface area contributed by atoms with E-state index in [1.54, 1.807) is 26.2 Å². The van der Waals surface area contributed by atoms with Crippen molar-refractivity contribution in [3.05, 3.63) is 74.7 Å². The summed E-state index contributed by atoms with van der Waals surface area (Å²) in [6.45, 7) is 6.58. The van der Waals surface area contributed by atoms with E-state index in [1.165, 1.54) is 15.9 Å². The molecule has 65 heavy (non-hydrogen) atoms. The largest absolute Gasteiger partial charge is 0.496 e. The van der Waals surface area contributed by atoms with E-state index in [0.717, 1.165) is 105 Å². The van der Waals surface area contributed by atoms with Gasteiger partial charge >= 0.3 is 6.03 Å². The van der Waals surface area contributed by atoms with Gasteiger partial charge in [-0.2, -0.15) is 0 Å². The molecule has 6 heterocycles. The number of halogens is 2. The number of pyridine rings is 1. The van der Waals surface area contributed by atoms with Gasteiger partial charge in [-0.3, -0.25) is 29.4 Å². The first kappa shape index (κ1) is 44.6. The molecule has 6 aliphatic rings. The first-order chi connectivity index (χ1) is 31.3. The van der Waals surface area contributed by atoms with E-state index >= 15 is 0 Å². The lowest BCUT2D eigenvalue weighted by atomic mass is 9.73. The van der Waals surface area contributed by atoms with Crippen LogP contribution in [0.5, 0.6) is 11.5 Å². The van der Waals surface area contributed by atoms with Gasteiger partial charge in [0.15, 0.2) is 0 Å². The molecule has 3 aromatic rings. The third-order valence-electron chi connectivity index (χ3n) is 15.0. The third kappa shape index (κ3) is 8.80. The number of benzene rings is 2. The normalized spacial score (nSPS) is 21.4. The summed E-state index contributed by atoms with van der Waals surface area (Å²) in [6.07, 6.45) is 7.01. The van der Waals surface area contributed by atoms with Crippen molar-refractivity contribution in [2.45, 2.75) is 95.4 Å². The number of methoxy groups -OCH3 is 2. The van der Waals surface area contributed by atoms with E-state index < -0.39 is 31.0 Å². The molecule has 1 atom stereocenters. The fourth-order valence-electron chi connectivity index (χ4n) is 11.2. The van der Waals surface area contributed by atoms with Crippen LogP contribution in [0.3, 0.4) is 0 Å². The average molecular weight is 899 g/mol. The molecule has 17 heteroatoms. The lowest BCUT2D eigenvalue weighted by Gasteiger charge is -2.56. The number of aromatic nitrogens is 1. The van der Waals surface area contributed by atoms with Crippen LogP contribution in [-0.4, -0.2) is 133 Å². The van der Waals surface area contributed by atoms with E-state index in [-0.39, 0.29) is 35.9 Å². The number of fused-ring (bicyclic) bond motifs is 2. The minimum atomic E-state index is -2.66. The predicted octanol–water partition coefficient (Wildman–Crippen LogP) is 4.51. The Hall–Kier alpha value is -5.55. The number of hydrogen-bond donors (Lipinski definition) is 2. The molecule has 1 spiro atoms. The van der Waals surface area contributed by atoms with Crippen LogP contribution in [0.15, 0.2) is 41.3 Å². The molecule has 0 bridgehead atoms. The molecule has 348 valence electrons. The second-order valence-corrected chi connectivity index (χ2v) is 18.8. The Morgan fingerprint density at radius 2 is 1.66 bits per heavy atom. The van der Waals surface area contributed by atoms with Gasteiger partial charge in [0, 0.05) is 99.9 Å². The number of rotatable bonds is 12. The van der Waals surface area contributed by atoms with Crippen LogP contribution in [0.1, 0.15) is 84.0 Å². The maximum Gasteiger partial charge on any atom is 0.317 e. The number of carbonyl (C=O) groups is 4. The zero-order chi connectivity index (χ0) is 45.6. The monoisotopic (exact) mass is 898 g/mol. The Balaban J connectivity index is 0.812. The maximum absolute atomic E-state index is 13.3. The van der Waals surface area contributed by atoms with E-state index in [1.807, 2.05) is 30.5 Å². The van der Waals surface area contributed by atoms with Gasteiger partial charge in [0.1, 0.15) is 17.5 Å². The standard InChI is InChI=1S/C48H60F2N8O7/c1-53-26-36(35-12-18-56(27-37(35)45(53)61)47(63)51-24-42(49)50)31-22-40(64-2)38(41(23-31)65-3)28-57-20-19-54(29-48(57)13-4-14-48)15-9-30-10-16-55(17-11-30)33-5-6-34-32(21-33)25-58(46(34)62)39-7-8-43(59)52-44(39)60/h5-6,21-23,26,30,39,42H,4,7-20,24-25,27-29H2,1-3H3,(H,51,63)(H,52,59,60). The number of anilines is 1. The van der Waals surface area contributed by atoms with Gasteiger partial charge in [-0.25, -0.2) is 13.6 Å². The molecule has 15 nitrogen and oxygen atoms in total. The molecule has 2 N–H and O–H groups in total. The number of piperidine rings is 2. The van der Waals surface area contributed by atoms with Gasteiger partial charge < -0.3 is 39.0 Å². The van der Waals surface area contributed by atoms with E-state index in [2.05, 4.69) is 31.4 Å². The quantitative estimate of drug-likeness (QED) is 0.249. The van der Waals surface area contributed by atoms with Crippen LogP contribution < -0.4 is 30.6 Å². The Kier molecular flexibility index (Phi) is 12.6. The van der Waals surface area contributed by atoms with E-state index in [4.69, 9.17) is 9.47 Å². The number of amides is 5. The summed E-state index contributed by atoms with van der Waals surface area (Å²) in [5.74, 6) is 1.23. The van der Waals surface area contributed by atoms with Gasteiger partial charge in [0.05, 0.1) is 32.9 Å². The molecule has 5 aliphatic heterocycles. The number of urea groups is 1. The fraction of sp³-hybridized carbons (Fsp3) is 0.562. The molecule has 1 unspecified atom stereocenters. The summed E-state index contributed by atoms with van der Waals surface area (Å²) >= 11 is 0. The number of ether oxygens (including phenoxy) is 2. The molecular formula is C48H60F2N8O7. The van der Waals surface area contributed by atoms with Gasteiger partial charge in [0.25, 0.3) is 17.9 Å². The summed E-state index contributed by atoms with van der Waals surface area (Å²) in [7, 11) is 5.01. The highest BCUT2D eigenvalue weighted by Crippen LogP contribution is 2.45. The Bertz CT molecular complexity index is 2390. The molecule has 0 radical (unpaired) electrons. The summed E-state index contributed by atoms with van der Waals surface area (Å²) < 4.78 is 39.3. The van der Waals surface area contributed by atoms with Gasteiger partial charge in [-0.1, -0.05) is 0 Å². The van der Waals surface area contributed by atoms with Crippen molar-refractivity contribution in [2.75, 3.05) is 71.5 Å². The summed E-state index contributed by atoms with van der Waals surface area (Å²) in [5, 5.41) is 4.64. The summed E-state index contributed by atoms with van der Waals surface area (Å²) in [5.41, 5.74) is 6.51. The lowest BCUT2D eigenvalue weighted by Crippen LogP contribution is -2.65. The summed E-state index contributed by atoms with van der Waals surface area (Å²) in [4.78, 5) is 74.2.